The van der Waals surface area contributed by atoms with Gasteiger partial charge in [-0.2, -0.15) is 0 Å². The maximum absolute atomic E-state index is 12.5. The monoisotopic (exact) mass is 423 g/mol. The zero-order valence-corrected chi connectivity index (χ0v) is 17.3. The summed E-state index contributed by atoms with van der Waals surface area (Å²) < 4.78 is 5.33. The van der Waals surface area contributed by atoms with Gasteiger partial charge < -0.3 is 15.4 Å². The summed E-state index contributed by atoms with van der Waals surface area (Å²) in [5.41, 5.74) is 1.22. The summed E-state index contributed by atoms with van der Waals surface area (Å²) in [4.78, 5) is 48.8. The molecule has 162 valence electrons. The molecule has 2 aromatic carbocycles. The Morgan fingerprint density at radius 2 is 1.58 bits per heavy atom. The molecule has 0 radical (unpaired) electrons. The van der Waals surface area contributed by atoms with Gasteiger partial charge in [0, 0.05) is 18.2 Å². The number of carbonyl (C=O) groups excluding carboxylic acids is 4. The van der Waals surface area contributed by atoms with Crippen LogP contribution in [0.5, 0.6) is 0 Å². The fourth-order valence-corrected chi connectivity index (χ4v) is 2.56. The molecule has 2 atom stereocenters. The number of benzene rings is 2. The maximum Gasteiger partial charge on any atom is 0.329 e. The molecule has 4 amide bonds. The Labute approximate surface area is 180 Å². The molecule has 2 aromatic rings. The zero-order valence-electron chi connectivity index (χ0n) is 17.3. The van der Waals surface area contributed by atoms with Crippen molar-refractivity contribution in [2.45, 2.75) is 26.0 Å². The molecule has 8 heteroatoms. The molecule has 0 aromatic heterocycles. The molecule has 0 aliphatic rings. The summed E-state index contributed by atoms with van der Waals surface area (Å²) in [5, 5.41) is 7.07. The standard InChI is InChI=1S/C23H25N3O5/c1-3-24-23(30)26-21(28)20(18-12-8-5-9-13-18)31-22(29)16(2)25-19(27)15-14-17-10-6-4-7-11-17/h4-16,20H,3H2,1-2H3,(H,25,27)(H2,24,26,28,30)/b15-14+/t16-,20-/m0/s1. The minimum atomic E-state index is -1.35. The van der Waals surface area contributed by atoms with Gasteiger partial charge in [-0.05, 0) is 25.5 Å². The largest absolute Gasteiger partial charge is 0.446 e. The molecule has 0 unspecified atom stereocenters. The van der Waals surface area contributed by atoms with Crippen LogP contribution in [0.3, 0.4) is 0 Å². The first-order valence-electron chi connectivity index (χ1n) is 9.78. The predicted molar refractivity (Wildman–Crippen MR) is 116 cm³/mol. The van der Waals surface area contributed by atoms with E-state index in [0.29, 0.717) is 12.1 Å². The highest BCUT2D eigenvalue weighted by molar-refractivity contribution is 5.98. The molecule has 0 saturated carbocycles. The number of rotatable bonds is 8. The Kier molecular flexibility index (Phi) is 8.97. The first-order chi connectivity index (χ1) is 14.9. The lowest BCUT2D eigenvalue weighted by Crippen LogP contribution is -2.44. The van der Waals surface area contributed by atoms with Gasteiger partial charge in [0.2, 0.25) is 12.0 Å². The highest BCUT2D eigenvalue weighted by Crippen LogP contribution is 2.18. The third kappa shape index (κ3) is 7.77. The quantitative estimate of drug-likeness (QED) is 0.445. The van der Waals surface area contributed by atoms with E-state index in [2.05, 4.69) is 16.0 Å². The van der Waals surface area contributed by atoms with Crippen LogP contribution in [0, 0.1) is 0 Å². The third-order valence-electron chi connectivity index (χ3n) is 4.09. The average molecular weight is 423 g/mol. The van der Waals surface area contributed by atoms with E-state index in [9.17, 15) is 19.2 Å². The van der Waals surface area contributed by atoms with E-state index in [1.807, 2.05) is 30.3 Å². The van der Waals surface area contributed by atoms with Gasteiger partial charge in [0.05, 0.1) is 0 Å². The van der Waals surface area contributed by atoms with Gasteiger partial charge in [-0.15, -0.1) is 0 Å². The van der Waals surface area contributed by atoms with E-state index < -0.39 is 36.0 Å². The van der Waals surface area contributed by atoms with E-state index in [1.54, 1.807) is 43.3 Å². The summed E-state index contributed by atoms with van der Waals surface area (Å²) in [6.45, 7) is 3.48. The van der Waals surface area contributed by atoms with Crippen molar-refractivity contribution >= 4 is 29.9 Å². The van der Waals surface area contributed by atoms with Crippen molar-refractivity contribution in [1.82, 2.24) is 16.0 Å². The average Bonchev–Trinajstić information content (AvgIpc) is 2.77. The molecule has 0 fully saturated rings. The first kappa shape index (κ1) is 23.3. The number of ether oxygens (including phenoxy) is 1. The van der Waals surface area contributed by atoms with Crippen LogP contribution in [0.4, 0.5) is 4.79 Å². The van der Waals surface area contributed by atoms with Gasteiger partial charge in [0.1, 0.15) is 6.04 Å². The van der Waals surface area contributed by atoms with Gasteiger partial charge in [-0.25, -0.2) is 9.59 Å². The Bertz CT molecular complexity index is 929. The summed E-state index contributed by atoms with van der Waals surface area (Å²) in [6.07, 6.45) is 1.56. The van der Waals surface area contributed by atoms with Gasteiger partial charge in [0.15, 0.2) is 0 Å². The molecule has 2 rings (SSSR count). The SMILES string of the molecule is CCNC(=O)NC(=O)[C@@H](OC(=O)[C@H](C)NC(=O)/C=C/c1ccccc1)c1ccccc1. The number of urea groups is 1. The van der Waals surface area contributed by atoms with Crippen molar-refractivity contribution in [3.05, 3.63) is 77.9 Å². The molecule has 0 heterocycles. The van der Waals surface area contributed by atoms with Crippen LogP contribution < -0.4 is 16.0 Å². The first-order valence-corrected chi connectivity index (χ1v) is 9.78. The molecular formula is C23H25N3O5. The number of hydrogen-bond acceptors (Lipinski definition) is 5. The molecule has 8 nitrogen and oxygen atoms in total. The lowest BCUT2D eigenvalue weighted by molar-refractivity contribution is -0.158. The fourth-order valence-electron chi connectivity index (χ4n) is 2.56. The second kappa shape index (κ2) is 11.9. The maximum atomic E-state index is 12.5. The molecule has 0 aliphatic heterocycles. The number of hydrogen-bond donors (Lipinski definition) is 3. The summed E-state index contributed by atoms with van der Waals surface area (Å²) >= 11 is 0. The van der Waals surface area contributed by atoms with Gasteiger partial charge in [0.25, 0.3) is 5.91 Å². The molecule has 0 aliphatic carbocycles. The Morgan fingerprint density at radius 3 is 2.19 bits per heavy atom. The second-order valence-electron chi connectivity index (χ2n) is 6.55. The summed E-state index contributed by atoms with van der Waals surface area (Å²) in [7, 11) is 0. The fraction of sp³-hybridized carbons (Fsp3) is 0.217. The van der Waals surface area contributed by atoms with Gasteiger partial charge in [-0.1, -0.05) is 60.7 Å². The van der Waals surface area contributed by atoms with Crippen LogP contribution in [0.25, 0.3) is 6.08 Å². The van der Waals surface area contributed by atoms with Crippen LogP contribution in [0.15, 0.2) is 66.7 Å². The van der Waals surface area contributed by atoms with Crippen molar-refractivity contribution in [1.29, 1.82) is 0 Å². The van der Waals surface area contributed by atoms with E-state index in [0.717, 1.165) is 5.56 Å². The number of carbonyl (C=O) groups is 4. The molecule has 0 bridgehead atoms. The van der Waals surface area contributed by atoms with Gasteiger partial charge in [-0.3, -0.25) is 14.9 Å². The third-order valence-corrected chi connectivity index (χ3v) is 4.09. The van der Waals surface area contributed by atoms with Crippen LogP contribution in [-0.2, 0) is 19.1 Å². The highest BCUT2D eigenvalue weighted by Gasteiger charge is 2.28. The van der Waals surface area contributed by atoms with E-state index in [4.69, 9.17) is 4.74 Å². The normalized spacial score (nSPS) is 12.5. The van der Waals surface area contributed by atoms with E-state index >= 15 is 0 Å². The number of nitrogens with one attached hydrogen (secondary N) is 3. The van der Waals surface area contributed by atoms with Crippen molar-refractivity contribution < 1.29 is 23.9 Å². The van der Waals surface area contributed by atoms with Gasteiger partial charge >= 0.3 is 12.0 Å². The minimum Gasteiger partial charge on any atom is -0.446 e. The number of amides is 4. The minimum absolute atomic E-state index is 0.328. The van der Waals surface area contributed by atoms with Crippen LogP contribution in [-0.4, -0.2) is 36.4 Å². The number of imide groups is 1. The van der Waals surface area contributed by atoms with E-state index in [-0.39, 0.29) is 0 Å². The summed E-state index contributed by atoms with van der Waals surface area (Å²) in [6, 6.07) is 15.8. The topological polar surface area (TPSA) is 114 Å². The Hall–Kier alpha value is -3.94. The second-order valence-corrected chi connectivity index (χ2v) is 6.55. The van der Waals surface area contributed by atoms with Crippen LogP contribution in [0.1, 0.15) is 31.1 Å². The van der Waals surface area contributed by atoms with Crippen molar-refractivity contribution in [3.8, 4) is 0 Å². The van der Waals surface area contributed by atoms with E-state index in [1.165, 1.54) is 13.0 Å². The number of esters is 1. The molecule has 0 saturated heterocycles. The lowest BCUT2D eigenvalue weighted by Gasteiger charge is -2.20. The van der Waals surface area contributed by atoms with Crippen molar-refractivity contribution in [2.24, 2.45) is 0 Å². The molecular weight excluding hydrogens is 398 g/mol. The highest BCUT2D eigenvalue weighted by atomic mass is 16.5. The Morgan fingerprint density at radius 1 is 0.968 bits per heavy atom. The Balaban J connectivity index is 2.03. The summed E-state index contributed by atoms with van der Waals surface area (Å²) in [5.74, 6) is -2.11. The lowest BCUT2D eigenvalue weighted by atomic mass is 10.1. The zero-order chi connectivity index (χ0) is 22.6. The molecule has 0 spiro atoms. The molecule has 3 N–H and O–H groups in total. The predicted octanol–water partition coefficient (Wildman–Crippen LogP) is 2.33. The van der Waals surface area contributed by atoms with Crippen LogP contribution >= 0.6 is 0 Å². The molecule has 31 heavy (non-hydrogen) atoms. The van der Waals surface area contributed by atoms with Crippen molar-refractivity contribution in [2.75, 3.05) is 6.54 Å². The van der Waals surface area contributed by atoms with Crippen molar-refractivity contribution in [3.63, 3.8) is 0 Å². The van der Waals surface area contributed by atoms with Crippen LogP contribution in [0.2, 0.25) is 0 Å². The smallest absolute Gasteiger partial charge is 0.329 e.